The van der Waals surface area contributed by atoms with E-state index >= 15 is 0 Å². The van der Waals surface area contributed by atoms with E-state index in [0.717, 1.165) is 48.3 Å². The molecule has 4 heterocycles. The maximum atomic E-state index is 14.1. The average Bonchev–Trinajstić information content (AvgIpc) is 3.26. The van der Waals surface area contributed by atoms with E-state index in [9.17, 15) is 9.65 Å². The molecule has 2 aromatic carbocycles. The minimum absolute atomic E-state index is 0.165. The summed E-state index contributed by atoms with van der Waals surface area (Å²) in [5.41, 5.74) is 6.27. The van der Waals surface area contributed by atoms with E-state index in [4.69, 9.17) is 0 Å². The summed E-state index contributed by atoms with van der Waals surface area (Å²) in [5.74, 6) is 0. The topological polar surface area (TPSA) is 67.2 Å². The lowest BCUT2D eigenvalue weighted by atomic mass is 9.89. The van der Waals surface area contributed by atoms with E-state index in [2.05, 4.69) is 68.7 Å². The average molecular weight is 457 g/mol. The molecule has 6 nitrogen and oxygen atoms in total. The number of piperazine rings is 1. The third kappa shape index (κ3) is 3.67. The number of fused-ring (bicyclic) bond motifs is 3. The van der Waals surface area contributed by atoms with Crippen LogP contribution in [0, 0.1) is 11.3 Å². The second kappa shape index (κ2) is 8.53. The van der Waals surface area contributed by atoms with E-state index in [1.807, 2.05) is 12.1 Å². The lowest BCUT2D eigenvalue weighted by molar-refractivity contribution is 0.101. The lowest BCUT2D eigenvalue weighted by Crippen LogP contribution is -2.59. The Labute approximate surface area is 199 Å². The van der Waals surface area contributed by atoms with E-state index < -0.39 is 6.17 Å². The fourth-order valence-electron chi connectivity index (χ4n) is 5.92. The van der Waals surface area contributed by atoms with Crippen molar-refractivity contribution in [2.24, 2.45) is 0 Å². The monoisotopic (exact) mass is 456 g/mol. The zero-order valence-corrected chi connectivity index (χ0v) is 19.3. The molecule has 1 aromatic heterocycles. The Morgan fingerprint density at radius 3 is 2.88 bits per heavy atom. The summed E-state index contributed by atoms with van der Waals surface area (Å²) >= 11 is 0. The van der Waals surface area contributed by atoms with Crippen molar-refractivity contribution < 1.29 is 4.39 Å². The molecular formula is C27H29FN6. The van der Waals surface area contributed by atoms with E-state index in [1.165, 1.54) is 11.1 Å². The Bertz CT molecular complexity index is 1270. The molecule has 174 valence electrons. The van der Waals surface area contributed by atoms with Crippen LogP contribution in [0.15, 0.2) is 48.7 Å². The maximum Gasteiger partial charge on any atom is 0.134 e. The fraction of sp³-hybridized carbons (Fsp3) is 0.407. The molecule has 2 fully saturated rings. The number of anilines is 2. The minimum Gasteiger partial charge on any atom is -0.378 e. The van der Waals surface area contributed by atoms with Gasteiger partial charge in [-0.2, -0.15) is 5.26 Å². The Balaban J connectivity index is 1.27. The Hall–Kier alpha value is -3.21. The third-order valence-electron chi connectivity index (χ3n) is 7.67. The number of nitrogens with zero attached hydrogens (tertiary/aromatic N) is 4. The summed E-state index contributed by atoms with van der Waals surface area (Å²) in [6.07, 6.45) is 1.88. The zero-order valence-electron chi connectivity index (χ0n) is 19.3. The highest BCUT2D eigenvalue weighted by Crippen LogP contribution is 2.35. The number of nitriles is 1. The fourth-order valence-corrected chi connectivity index (χ4v) is 5.92. The molecule has 0 spiro atoms. The van der Waals surface area contributed by atoms with Crippen LogP contribution < -0.4 is 15.5 Å². The largest absolute Gasteiger partial charge is 0.378 e. The normalized spacial score (nSPS) is 26.7. The molecule has 0 bridgehead atoms. The van der Waals surface area contributed by atoms with Gasteiger partial charge in [-0.25, -0.2) is 4.39 Å². The van der Waals surface area contributed by atoms with Crippen LogP contribution in [0.4, 0.5) is 15.8 Å². The van der Waals surface area contributed by atoms with Gasteiger partial charge in [-0.3, -0.25) is 9.88 Å². The van der Waals surface area contributed by atoms with Crippen molar-refractivity contribution in [2.75, 3.05) is 36.4 Å². The van der Waals surface area contributed by atoms with Crippen LogP contribution in [-0.2, 0) is 13.0 Å². The summed E-state index contributed by atoms with van der Waals surface area (Å²) in [6.45, 7) is 6.20. The van der Waals surface area contributed by atoms with Crippen LogP contribution in [0.5, 0.6) is 0 Å². The molecule has 3 aromatic rings. The Morgan fingerprint density at radius 2 is 2.06 bits per heavy atom. The van der Waals surface area contributed by atoms with E-state index in [1.54, 1.807) is 6.20 Å². The van der Waals surface area contributed by atoms with Gasteiger partial charge in [0.15, 0.2) is 0 Å². The van der Waals surface area contributed by atoms with Gasteiger partial charge in [0.1, 0.15) is 12.2 Å². The third-order valence-corrected chi connectivity index (χ3v) is 7.67. The van der Waals surface area contributed by atoms with Crippen LogP contribution in [0.1, 0.15) is 23.6 Å². The lowest BCUT2D eigenvalue weighted by Gasteiger charge is -2.49. The quantitative estimate of drug-likeness (QED) is 0.629. The van der Waals surface area contributed by atoms with Crippen molar-refractivity contribution in [3.8, 4) is 6.07 Å². The summed E-state index contributed by atoms with van der Waals surface area (Å²) in [6, 6.07) is 17.4. The van der Waals surface area contributed by atoms with Crippen LogP contribution in [-0.4, -0.2) is 60.4 Å². The first-order valence-corrected chi connectivity index (χ1v) is 12.1. The highest BCUT2D eigenvalue weighted by atomic mass is 19.1. The number of alkyl halides is 1. The molecule has 7 heteroatoms. The van der Waals surface area contributed by atoms with Crippen molar-refractivity contribution in [1.29, 1.82) is 5.26 Å². The molecule has 34 heavy (non-hydrogen) atoms. The zero-order chi connectivity index (χ0) is 23.2. The summed E-state index contributed by atoms with van der Waals surface area (Å²) < 4.78 is 14.1. The van der Waals surface area contributed by atoms with Crippen molar-refractivity contribution in [3.05, 3.63) is 65.4 Å². The van der Waals surface area contributed by atoms with Gasteiger partial charge in [-0.15, -0.1) is 0 Å². The van der Waals surface area contributed by atoms with Gasteiger partial charge in [-0.1, -0.05) is 6.07 Å². The van der Waals surface area contributed by atoms with E-state index in [0.29, 0.717) is 30.7 Å². The molecule has 0 saturated carbocycles. The van der Waals surface area contributed by atoms with Crippen LogP contribution >= 0.6 is 0 Å². The van der Waals surface area contributed by atoms with Crippen LogP contribution in [0.3, 0.4) is 0 Å². The van der Waals surface area contributed by atoms with Gasteiger partial charge in [0.25, 0.3) is 0 Å². The first kappa shape index (κ1) is 21.3. The predicted octanol–water partition coefficient (Wildman–Crippen LogP) is 3.46. The number of aromatic nitrogens is 1. The van der Waals surface area contributed by atoms with Crippen molar-refractivity contribution in [2.45, 2.75) is 44.2 Å². The molecule has 3 aliphatic heterocycles. The van der Waals surface area contributed by atoms with E-state index in [-0.39, 0.29) is 6.04 Å². The highest BCUT2D eigenvalue weighted by Gasteiger charge is 2.36. The van der Waals surface area contributed by atoms with Gasteiger partial charge in [0.2, 0.25) is 0 Å². The van der Waals surface area contributed by atoms with Gasteiger partial charge in [0.05, 0.1) is 17.1 Å². The number of rotatable bonds is 3. The van der Waals surface area contributed by atoms with Crippen LogP contribution in [0.2, 0.25) is 0 Å². The Morgan fingerprint density at radius 1 is 1.15 bits per heavy atom. The summed E-state index contributed by atoms with van der Waals surface area (Å²) in [7, 11) is 0. The molecule has 3 aliphatic rings. The molecule has 6 rings (SSSR count). The molecule has 2 N–H and O–H groups in total. The smallest absolute Gasteiger partial charge is 0.134 e. The number of hydrogen-bond donors (Lipinski definition) is 2. The second-order valence-electron chi connectivity index (χ2n) is 9.84. The van der Waals surface area contributed by atoms with Gasteiger partial charge >= 0.3 is 0 Å². The molecule has 0 amide bonds. The Kier molecular flexibility index (Phi) is 5.35. The van der Waals surface area contributed by atoms with Crippen molar-refractivity contribution in [1.82, 2.24) is 15.2 Å². The standard InChI is InChI=1S/C27H29FN6/c1-17-14-33(26-7-5-18(11-29)27-23(26)3-2-8-31-27)16-22-10-20-9-21(6-4-19(20)15-34(17)22)32-25-13-30-12-24(25)28/h2-9,17,22,24-25,30,32H,10,12-16H2,1H3/t17-,22+,24+,25-/m1/s1. The first-order chi connectivity index (χ1) is 16.6. The first-order valence-electron chi connectivity index (χ1n) is 12.1. The van der Waals surface area contributed by atoms with Crippen LogP contribution in [0.25, 0.3) is 10.9 Å². The minimum atomic E-state index is -0.851. The maximum absolute atomic E-state index is 14.1. The summed E-state index contributed by atoms with van der Waals surface area (Å²) in [4.78, 5) is 9.58. The van der Waals surface area contributed by atoms with Crippen molar-refractivity contribution in [3.63, 3.8) is 0 Å². The second-order valence-corrected chi connectivity index (χ2v) is 9.84. The number of hydrogen-bond acceptors (Lipinski definition) is 6. The summed E-state index contributed by atoms with van der Waals surface area (Å²) in [5, 5.41) is 17.1. The predicted molar refractivity (Wildman–Crippen MR) is 133 cm³/mol. The number of benzene rings is 2. The van der Waals surface area contributed by atoms with Crippen molar-refractivity contribution >= 4 is 22.3 Å². The molecule has 4 atom stereocenters. The molecule has 2 saturated heterocycles. The van der Waals surface area contributed by atoms with Gasteiger partial charge in [0, 0.05) is 67.8 Å². The molecule has 0 aliphatic carbocycles. The number of nitrogens with one attached hydrogen (secondary N) is 2. The highest BCUT2D eigenvalue weighted by molar-refractivity contribution is 5.95. The SMILES string of the molecule is C[C@@H]1CN(c2ccc(C#N)c3ncccc23)C[C@@H]2Cc3cc(N[C@@H]4CNC[C@@H]4F)ccc3CN21. The van der Waals surface area contributed by atoms with Gasteiger partial charge < -0.3 is 15.5 Å². The molecular weight excluding hydrogens is 427 g/mol. The number of pyridine rings is 1. The molecule has 0 radical (unpaired) electrons. The number of halogens is 1. The molecule has 0 unspecified atom stereocenters. The van der Waals surface area contributed by atoms with Gasteiger partial charge in [-0.05, 0) is 60.9 Å².